The van der Waals surface area contributed by atoms with Gasteiger partial charge in [0, 0.05) is 0 Å². The highest BCUT2D eigenvalue weighted by molar-refractivity contribution is 4.94. The molecule has 0 unspecified atom stereocenters. The third kappa shape index (κ3) is 8.28. The van der Waals surface area contributed by atoms with Gasteiger partial charge >= 0.3 is 0 Å². The first-order valence-electron chi connectivity index (χ1n) is 6.60. The second-order valence-electron chi connectivity index (χ2n) is 4.20. The van der Waals surface area contributed by atoms with Gasteiger partial charge in [-0.25, -0.2) is 0 Å². The zero-order chi connectivity index (χ0) is 11.3. The van der Waals surface area contributed by atoms with Gasteiger partial charge in [-0.05, 0) is 51.4 Å². The van der Waals surface area contributed by atoms with Crippen LogP contribution in [-0.4, -0.2) is 0 Å². The molecule has 0 aromatic rings. The van der Waals surface area contributed by atoms with Crippen LogP contribution in [0.2, 0.25) is 0 Å². The van der Waals surface area contributed by atoms with Crippen molar-refractivity contribution in [2.24, 2.45) is 0 Å². The van der Waals surface area contributed by atoms with Gasteiger partial charge in [0.05, 0.1) is 0 Å². The van der Waals surface area contributed by atoms with Crippen molar-refractivity contribution in [1.29, 1.82) is 0 Å². The minimum atomic E-state index is 1.19. The largest absolute Gasteiger partial charge is 0.0882 e. The highest BCUT2D eigenvalue weighted by atomic mass is 13.9. The van der Waals surface area contributed by atoms with Crippen LogP contribution in [0, 0.1) is 0 Å². The van der Waals surface area contributed by atoms with E-state index in [9.17, 15) is 0 Å². The molecule has 0 radical (unpaired) electrons. The molecule has 0 atom stereocenters. The highest BCUT2D eigenvalue weighted by Crippen LogP contribution is 2.03. The molecule has 0 bridgehead atoms. The van der Waals surface area contributed by atoms with Gasteiger partial charge in [-0.2, -0.15) is 0 Å². The van der Waals surface area contributed by atoms with E-state index in [2.05, 4.69) is 48.6 Å². The van der Waals surface area contributed by atoms with Crippen LogP contribution in [0.1, 0.15) is 51.4 Å². The fraction of sp³-hybridized carbons (Fsp3) is 0.500. The Morgan fingerprint density at radius 1 is 0.250 bits per heavy atom. The van der Waals surface area contributed by atoms with E-state index in [1.807, 2.05) is 0 Å². The predicted molar refractivity (Wildman–Crippen MR) is 73.5 cm³/mol. The molecule has 0 saturated heterocycles. The zero-order valence-corrected chi connectivity index (χ0v) is 10.3. The summed E-state index contributed by atoms with van der Waals surface area (Å²) in [4.78, 5) is 0. The van der Waals surface area contributed by atoms with E-state index >= 15 is 0 Å². The van der Waals surface area contributed by atoms with Gasteiger partial charge in [0.25, 0.3) is 0 Å². The first-order valence-corrected chi connectivity index (χ1v) is 6.60. The summed E-state index contributed by atoms with van der Waals surface area (Å²) in [5.74, 6) is 0. The van der Waals surface area contributed by atoms with Crippen LogP contribution in [0.25, 0.3) is 0 Å². The second-order valence-corrected chi connectivity index (χ2v) is 4.20. The van der Waals surface area contributed by atoms with Crippen LogP contribution in [0.4, 0.5) is 0 Å². The molecule has 0 spiro atoms. The fourth-order valence-corrected chi connectivity index (χ4v) is 1.71. The quantitative estimate of drug-likeness (QED) is 0.479. The average molecular weight is 216 g/mol. The van der Waals surface area contributed by atoms with Crippen molar-refractivity contribution in [3.05, 3.63) is 48.6 Å². The van der Waals surface area contributed by atoms with Crippen LogP contribution in [0.15, 0.2) is 48.6 Å². The minimum absolute atomic E-state index is 1.19. The predicted octanol–water partition coefficient (Wildman–Crippen LogP) is 5.35. The molecule has 1 aliphatic rings. The molecule has 0 saturated carbocycles. The van der Waals surface area contributed by atoms with E-state index in [-0.39, 0.29) is 0 Å². The maximum absolute atomic E-state index is 2.31. The molecule has 0 N–H and O–H groups in total. The van der Waals surface area contributed by atoms with E-state index in [1.165, 1.54) is 51.4 Å². The Balaban J connectivity index is 2.29. The van der Waals surface area contributed by atoms with Crippen molar-refractivity contribution in [2.45, 2.75) is 51.4 Å². The molecule has 0 fully saturated rings. The second kappa shape index (κ2) is 10.5. The Kier molecular flexibility index (Phi) is 8.53. The fourth-order valence-electron chi connectivity index (χ4n) is 1.71. The van der Waals surface area contributed by atoms with Gasteiger partial charge in [-0.15, -0.1) is 0 Å². The number of hydrogen-bond donors (Lipinski definition) is 0. The maximum Gasteiger partial charge on any atom is -0.0316 e. The molecule has 16 heavy (non-hydrogen) atoms. The molecule has 88 valence electrons. The third-order valence-corrected chi connectivity index (χ3v) is 2.67. The average Bonchev–Trinajstić information content (AvgIpc) is 2.29. The van der Waals surface area contributed by atoms with Crippen molar-refractivity contribution >= 4 is 0 Å². The monoisotopic (exact) mass is 216 g/mol. The summed E-state index contributed by atoms with van der Waals surface area (Å²) in [6.07, 6.45) is 28.0. The summed E-state index contributed by atoms with van der Waals surface area (Å²) in [5.41, 5.74) is 0. The van der Waals surface area contributed by atoms with Crippen molar-refractivity contribution in [3.63, 3.8) is 0 Å². The number of allylic oxidation sites excluding steroid dienone is 8. The molecule has 0 heteroatoms. The van der Waals surface area contributed by atoms with Crippen molar-refractivity contribution in [3.8, 4) is 0 Å². The van der Waals surface area contributed by atoms with Crippen molar-refractivity contribution < 1.29 is 0 Å². The van der Waals surface area contributed by atoms with Crippen LogP contribution < -0.4 is 0 Å². The highest BCUT2D eigenvalue weighted by Gasteiger charge is 1.82. The Hall–Kier alpha value is -1.04. The Bertz CT molecular complexity index is 173. The first kappa shape index (κ1) is 13.0. The van der Waals surface area contributed by atoms with Crippen LogP contribution in [-0.2, 0) is 0 Å². The summed E-state index contributed by atoms with van der Waals surface area (Å²) in [6, 6.07) is 0. The molecule has 0 aromatic carbocycles. The summed E-state index contributed by atoms with van der Waals surface area (Å²) < 4.78 is 0. The Morgan fingerprint density at radius 3 is 0.500 bits per heavy atom. The maximum atomic E-state index is 2.31. The van der Waals surface area contributed by atoms with E-state index in [0.717, 1.165) is 0 Å². The number of hydrogen-bond acceptors (Lipinski definition) is 0. The lowest BCUT2D eigenvalue weighted by Gasteiger charge is -1.92. The van der Waals surface area contributed by atoms with Gasteiger partial charge in [-0.3, -0.25) is 0 Å². The molecule has 0 heterocycles. The lowest BCUT2D eigenvalue weighted by Crippen LogP contribution is -1.71. The molecule has 0 amide bonds. The lowest BCUT2D eigenvalue weighted by atomic mass is 10.1. The minimum Gasteiger partial charge on any atom is -0.0882 e. The normalized spacial score (nSPS) is 28.0. The summed E-state index contributed by atoms with van der Waals surface area (Å²) in [5, 5.41) is 0. The van der Waals surface area contributed by atoms with E-state index < -0.39 is 0 Å². The van der Waals surface area contributed by atoms with Gasteiger partial charge in [0.1, 0.15) is 0 Å². The number of rotatable bonds is 0. The molecular weight excluding hydrogens is 192 g/mol. The smallest absolute Gasteiger partial charge is 0.0316 e. The topological polar surface area (TPSA) is 0 Å². The molecule has 0 aliphatic heterocycles. The SMILES string of the molecule is C1=C\CC/C=C/CC/C=C/CC/C=C/CC/1. The first-order chi connectivity index (χ1) is 8.00. The van der Waals surface area contributed by atoms with Crippen molar-refractivity contribution in [2.75, 3.05) is 0 Å². The summed E-state index contributed by atoms with van der Waals surface area (Å²) in [6.45, 7) is 0. The molecular formula is C16H24. The zero-order valence-electron chi connectivity index (χ0n) is 10.3. The van der Waals surface area contributed by atoms with Crippen molar-refractivity contribution in [1.82, 2.24) is 0 Å². The van der Waals surface area contributed by atoms with E-state index in [0.29, 0.717) is 0 Å². The standard InChI is InChI=1S/C16H24/c1-2-4-6-8-10-12-14-16-15-13-11-9-7-5-3-1/h1-2,7-10,15-16H,3-6,11-14H2/b2-1-,9-7+,10-8+,16-15+. The molecule has 1 rings (SSSR count). The van der Waals surface area contributed by atoms with Crippen LogP contribution >= 0.6 is 0 Å². The lowest BCUT2D eigenvalue weighted by molar-refractivity contribution is 0.962. The Labute approximate surface area is 100 Å². The Morgan fingerprint density at radius 2 is 0.375 bits per heavy atom. The van der Waals surface area contributed by atoms with Gasteiger partial charge in [0.2, 0.25) is 0 Å². The molecule has 1 aliphatic carbocycles. The van der Waals surface area contributed by atoms with E-state index in [4.69, 9.17) is 0 Å². The van der Waals surface area contributed by atoms with Crippen LogP contribution in [0.5, 0.6) is 0 Å². The van der Waals surface area contributed by atoms with Crippen LogP contribution in [0.3, 0.4) is 0 Å². The molecule has 0 aromatic heterocycles. The van der Waals surface area contributed by atoms with Gasteiger partial charge < -0.3 is 0 Å². The summed E-state index contributed by atoms with van der Waals surface area (Å²) in [7, 11) is 0. The molecule has 0 nitrogen and oxygen atoms in total. The summed E-state index contributed by atoms with van der Waals surface area (Å²) >= 11 is 0. The van der Waals surface area contributed by atoms with Gasteiger partial charge in [0.15, 0.2) is 0 Å². The van der Waals surface area contributed by atoms with Gasteiger partial charge in [-0.1, -0.05) is 48.6 Å². The van der Waals surface area contributed by atoms with E-state index in [1.54, 1.807) is 0 Å². The third-order valence-electron chi connectivity index (χ3n) is 2.67.